The van der Waals surface area contributed by atoms with E-state index in [2.05, 4.69) is 14.9 Å². The van der Waals surface area contributed by atoms with Crippen LogP contribution in [0.1, 0.15) is 46.0 Å². The Hall–Kier alpha value is -1.35. The van der Waals surface area contributed by atoms with Crippen LogP contribution >= 0.6 is 0 Å². The zero-order valence-corrected chi connectivity index (χ0v) is 18.4. The largest absolute Gasteiger partial charge is 0.485 e. The van der Waals surface area contributed by atoms with Crippen LogP contribution < -0.4 is 14.8 Å². The molecule has 1 atom stereocenters. The first kappa shape index (κ1) is 22.3. The molecule has 1 unspecified atom stereocenters. The molecule has 0 aromatic heterocycles. The van der Waals surface area contributed by atoms with E-state index in [0.29, 0.717) is 18.0 Å². The van der Waals surface area contributed by atoms with Crippen molar-refractivity contribution < 1.29 is 18.3 Å². The molecule has 1 aromatic rings. The molecule has 0 bridgehead atoms. The summed E-state index contributed by atoms with van der Waals surface area (Å²) >= 11 is 0. The van der Waals surface area contributed by atoms with Crippen molar-refractivity contribution in [3.05, 3.63) is 24.3 Å². The number of nitrogens with zero attached hydrogens (tertiary/aromatic N) is 1. The lowest BCUT2D eigenvalue weighted by atomic mass is 10.0. The second-order valence-electron chi connectivity index (χ2n) is 8.70. The first-order valence-electron chi connectivity index (χ1n) is 10.7. The van der Waals surface area contributed by atoms with Crippen LogP contribution in [0.2, 0.25) is 0 Å². The first-order chi connectivity index (χ1) is 13.8. The van der Waals surface area contributed by atoms with Gasteiger partial charge >= 0.3 is 0 Å². The van der Waals surface area contributed by atoms with Crippen molar-refractivity contribution in [2.75, 3.05) is 37.4 Å². The van der Waals surface area contributed by atoms with Crippen molar-refractivity contribution in [2.24, 2.45) is 0 Å². The Kier molecular flexibility index (Phi) is 7.42. The number of aliphatic hydroxyl groups excluding tert-OH is 1. The molecule has 164 valence electrons. The zero-order valence-electron chi connectivity index (χ0n) is 17.6. The summed E-state index contributed by atoms with van der Waals surface area (Å²) in [6.07, 6.45) is 3.90. The molecule has 0 amide bonds. The number of aliphatic hydroxyl groups is 1. The summed E-state index contributed by atoms with van der Waals surface area (Å²) in [5.74, 6) is 0.606. The van der Waals surface area contributed by atoms with E-state index in [4.69, 9.17) is 4.74 Å². The van der Waals surface area contributed by atoms with Gasteiger partial charge in [-0.25, -0.2) is 8.42 Å². The summed E-state index contributed by atoms with van der Waals surface area (Å²) in [4.78, 5) is 2.23. The van der Waals surface area contributed by atoms with E-state index in [-0.39, 0.29) is 5.25 Å². The highest BCUT2D eigenvalue weighted by Gasteiger charge is 2.32. The average Bonchev–Trinajstić information content (AvgIpc) is 2.70. The molecule has 2 aliphatic rings. The topological polar surface area (TPSA) is 90.9 Å². The summed E-state index contributed by atoms with van der Waals surface area (Å²) in [6.45, 7) is 8.03. The van der Waals surface area contributed by atoms with Gasteiger partial charge in [0.25, 0.3) is 0 Å². The van der Waals surface area contributed by atoms with Gasteiger partial charge in [-0.2, -0.15) is 0 Å². The van der Waals surface area contributed by atoms with Gasteiger partial charge in [0.15, 0.2) is 0 Å². The maximum absolute atomic E-state index is 12.6. The minimum absolute atomic E-state index is 0.300. The molecule has 29 heavy (non-hydrogen) atoms. The highest BCUT2D eigenvalue weighted by Crippen LogP contribution is 2.27. The Balaban J connectivity index is 1.56. The molecule has 1 heterocycles. The lowest BCUT2D eigenvalue weighted by molar-refractivity contribution is -0.0455. The van der Waals surface area contributed by atoms with Gasteiger partial charge in [-0.05, 0) is 51.0 Å². The van der Waals surface area contributed by atoms with Crippen molar-refractivity contribution in [1.82, 2.24) is 10.2 Å². The van der Waals surface area contributed by atoms with Crippen LogP contribution in [0.3, 0.4) is 0 Å². The van der Waals surface area contributed by atoms with Gasteiger partial charge in [0, 0.05) is 38.4 Å². The lowest BCUT2D eigenvalue weighted by Gasteiger charge is -2.36. The van der Waals surface area contributed by atoms with Crippen LogP contribution in [0.5, 0.6) is 5.75 Å². The number of ether oxygens (including phenoxy) is 1. The summed E-state index contributed by atoms with van der Waals surface area (Å²) in [5.41, 5.74) is -0.212. The summed E-state index contributed by atoms with van der Waals surface area (Å²) in [7, 11) is -3.36. The summed E-state index contributed by atoms with van der Waals surface area (Å²) in [5, 5.41) is 13.7. The fraction of sp³-hybridized carbons (Fsp3) is 0.714. The second kappa shape index (κ2) is 9.64. The van der Waals surface area contributed by atoms with Crippen molar-refractivity contribution in [2.45, 2.75) is 62.9 Å². The minimum atomic E-state index is -3.36. The number of hydrogen-bond donors (Lipinski definition) is 3. The van der Waals surface area contributed by atoms with Crippen molar-refractivity contribution in [3.8, 4) is 5.75 Å². The highest BCUT2D eigenvalue weighted by atomic mass is 32.2. The van der Waals surface area contributed by atoms with E-state index in [1.807, 2.05) is 13.8 Å². The Bertz CT molecular complexity index is 740. The quantitative estimate of drug-likeness (QED) is 0.591. The minimum Gasteiger partial charge on any atom is -0.485 e. The Labute approximate surface area is 174 Å². The molecule has 2 fully saturated rings. The molecule has 1 aliphatic carbocycles. The fourth-order valence-corrected chi connectivity index (χ4v) is 5.53. The maximum atomic E-state index is 12.6. The van der Waals surface area contributed by atoms with Crippen molar-refractivity contribution in [3.63, 3.8) is 0 Å². The van der Waals surface area contributed by atoms with Crippen LogP contribution in [-0.2, 0) is 10.0 Å². The van der Waals surface area contributed by atoms with Crippen LogP contribution in [-0.4, -0.2) is 68.1 Å². The van der Waals surface area contributed by atoms with E-state index in [1.54, 1.807) is 24.3 Å². The van der Waals surface area contributed by atoms with E-state index < -0.39 is 21.7 Å². The fourth-order valence-electron chi connectivity index (χ4n) is 3.94. The first-order valence-corrected chi connectivity index (χ1v) is 12.2. The van der Waals surface area contributed by atoms with Crippen LogP contribution in [0.25, 0.3) is 0 Å². The number of piperazine rings is 1. The number of benzene rings is 1. The Morgan fingerprint density at radius 2 is 1.79 bits per heavy atom. The van der Waals surface area contributed by atoms with Crippen LogP contribution in [0.4, 0.5) is 5.69 Å². The standard InChI is InChI=1S/C21H35N3O4S/c1-21(2,20(25)16-24-14-12-22-13-15-24)28-18-10-8-17(9-11-18)23-29(26,27)19-6-4-3-5-7-19/h8-11,19-20,22-23,25H,3-7,12-16H2,1-2H3. The molecule has 7 nitrogen and oxygen atoms in total. The van der Waals surface area contributed by atoms with Gasteiger partial charge in [0.2, 0.25) is 10.0 Å². The molecule has 1 aromatic carbocycles. The zero-order chi connectivity index (χ0) is 20.9. The third-order valence-corrected chi connectivity index (χ3v) is 7.80. The van der Waals surface area contributed by atoms with Gasteiger partial charge in [-0.15, -0.1) is 0 Å². The maximum Gasteiger partial charge on any atom is 0.235 e. The Morgan fingerprint density at radius 1 is 1.17 bits per heavy atom. The van der Waals surface area contributed by atoms with Crippen LogP contribution in [0, 0.1) is 0 Å². The van der Waals surface area contributed by atoms with E-state index >= 15 is 0 Å². The average molecular weight is 426 g/mol. The van der Waals surface area contributed by atoms with Crippen molar-refractivity contribution >= 4 is 15.7 Å². The number of rotatable bonds is 8. The molecule has 0 spiro atoms. The van der Waals surface area contributed by atoms with Gasteiger partial charge in [0.1, 0.15) is 17.5 Å². The molecule has 3 N–H and O–H groups in total. The Morgan fingerprint density at radius 3 is 2.41 bits per heavy atom. The molecule has 0 radical (unpaired) electrons. The molecule has 1 aliphatic heterocycles. The molecular formula is C21H35N3O4S. The number of nitrogens with one attached hydrogen (secondary N) is 2. The third kappa shape index (κ3) is 6.31. The molecule has 8 heteroatoms. The normalized spacial score (nSPS) is 20.9. The van der Waals surface area contributed by atoms with E-state index in [9.17, 15) is 13.5 Å². The van der Waals surface area contributed by atoms with Gasteiger partial charge in [-0.3, -0.25) is 9.62 Å². The number of sulfonamides is 1. The van der Waals surface area contributed by atoms with Gasteiger partial charge in [0.05, 0.1) is 5.25 Å². The smallest absolute Gasteiger partial charge is 0.235 e. The predicted octanol–water partition coefficient (Wildman–Crippen LogP) is 2.18. The number of hydrogen-bond acceptors (Lipinski definition) is 6. The van der Waals surface area contributed by atoms with E-state index in [1.165, 1.54) is 0 Å². The molecule has 3 rings (SSSR count). The van der Waals surface area contributed by atoms with Crippen molar-refractivity contribution in [1.29, 1.82) is 0 Å². The predicted molar refractivity (Wildman–Crippen MR) is 116 cm³/mol. The van der Waals surface area contributed by atoms with Gasteiger partial charge < -0.3 is 15.2 Å². The summed E-state index contributed by atoms with van der Waals surface area (Å²) < 4.78 is 33.9. The summed E-state index contributed by atoms with van der Waals surface area (Å²) in [6, 6.07) is 6.93. The monoisotopic (exact) mass is 425 g/mol. The third-order valence-electron chi connectivity index (χ3n) is 5.93. The SMILES string of the molecule is CC(C)(Oc1ccc(NS(=O)(=O)C2CCCCC2)cc1)C(O)CN1CCNCC1. The lowest BCUT2D eigenvalue weighted by Crippen LogP contribution is -2.52. The van der Waals surface area contributed by atoms with Gasteiger partial charge in [-0.1, -0.05) is 19.3 Å². The van der Waals surface area contributed by atoms with E-state index in [0.717, 1.165) is 58.3 Å². The molecular weight excluding hydrogens is 390 g/mol. The van der Waals surface area contributed by atoms with Crippen LogP contribution in [0.15, 0.2) is 24.3 Å². The highest BCUT2D eigenvalue weighted by molar-refractivity contribution is 7.93. The number of anilines is 1. The number of β-amino-alcohol motifs (C(OH)–C–C–N with tert-alkyl or cyclic N) is 1. The second-order valence-corrected chi connectivity index (χ2v) is 10.7. The molecule has 1 saturated carbocycles. The molecule has 1 saturated heterocycles.